The van der Waals surface area contributed by atoms with Gasteiger partial charge < -0.3 is 4.40 Å². The Morgan fingerprint density at radius 3 is 2.55 bits per heavy atom. The summed E-state index contributed by atoms with van der Waals surface area (Å²) in [5, 5.41) is 10.3. The number of aromatic nitrogens is 6. The number of aryl methyl sites for hydroxylation is 2. The molecule has 0 saturated carbocycles. The molecule has 2 aromatic carbocycles. The minimum absolute atomic E-state index is 0.104. The summed E-state index contributed by atoms with van der Waals surface area (Å²) in [5.41, 5.74) is 5.54. The van der Waals surface area contributed by atoms with E-state index < -0.39 is 0 Å². The van der Waals surface area contributed by atoms with Crippen molar-refractivity contribution in [1.29, 1.82) is 0 Å². The Balaban J connectivity index is 1.51. The normalized spacial score (nSPS) is 11.7. The second-order valence-corrected chi connectivity index (χ2v) is 8.95. The summed E-state index contributed by atoms with van der Waals surface area (Å²) in [4.78, 5) is 18.3. The molecule has 0 aliphatic carbocycles. The Morgan fingerprint density at radius 2 is 1.70 bits per heavy atom. The summed E-state index contributed by atoms with van der Waals surface area (Å²) in [6, 6.07) is 19.5. The van der Waals surface area contributed by atoms with Crippen LogP contribution in [0.25, 0.3) is 28.0 Å². The molecule has 0 aliphatic heterocycles. The van der Waals surface area contributed by atoms with Gasteiger partial charge in [0, 0.05) is 18.1 Å². The van der Waals surface area contributed by atoms with Gasteiger partial charge in [-0.15, -0.1) is 10.2 Å². The molecule has 0 bridgehead atoms. The second kappa shape index (κ2) is 7.60. The first-order chi connectivity index (χ1) is 16.1. The maximum atomic E-state index is 13.5. The molecule has 0 amide bonds. The number of rotatable bonds is 4. The van der Waals surface area contributed by atoms with Crippen LogP contribution in [0.1, 0.15) is 16.8 Å². The highest BCUT2D eigenvalue weighted by Crippen LogP contribution is 2.26. The van der Waals surface area contributed by atoms with Crippen molar-refractivity contribution in [1.82, 2.24) is 28.5 Å². The van der Waals surface area contributed by atoms with Crippen LogP contribution in [-0.2, 0) is 5.75 Å². The van der Waals surface area contributed by atoms with Crippen molar-refractivity contribution >= 4 is 34.1 Å². The highest BCUT2D eigenvalue weighted by molar-refractivity contribution is 7.98. The average Bonchev–Trinajstić information content (AvgIpc) is 3.44. The average molecular weight is 453 g/mol. The molecule has 8 heteroatoms. The van der Waals surface area contributed by atoms with E-state index in [0.717, 1.165) is 38.8 Å². The van der Waals surface area contributed by atoms with Gasteiger partial charge in [0.25, 0.3) is 5.56 Å². The first-order valence-corrected chi connectivity index (χ1v) is 11.6. The lowest BCUT2D eigenvalue weighted by atomic mass is 10.2. The first-order valence-electron chi connectivity index (χ1n) is 10.6. The number of hydrogen-bond acceptors (Lipinski definition) is 5. The van der Waals surface area contributed by atoms with Gasteiger partial charge in [-0.1, -0.05) is 48.2 Å². The summed E-state index contributed by atoms with van der Waals surface area (Å²) in [6.45, 7) is 4.05. The Labute approximate surface area is 193 Å². The molecule has 33 heavy (non-hydrogen) atoms. The number of nitrogens with zero attached hydrogens (tertiary/aromatic N) is 6. The third kappa shape index (κ3) is 3.14. The number of benzene rings is 2. The molecule has 0 unspecified atom stereocenters. The fourth-order valence-corrected chi connectivity index (χ4v) is 5.04. The molecular formula is C25H20N6OS. The molecule has 162 valence electrons. The molecular weight excluding hydrogens is 432 g/mol. The lowest BCUT2D eigenvalue weighted by Crippen LogP contribution is -2.22. The monoisotopic (exact) mass is 452 g/mol. The zero-order chi connectivity index (χ0) is 22.5. The Kier molecular flexibility index (Phi) is 4.55. The Bertz CT molecular complexity index is 1730. The maximum absolute atomic E-state index is 13.5. The van der Waals surface area contributed by atoms with Gasteiger partial charge in [0.2, 0.25) is 5.78 Å². The number of thioether (sulfide) groups is 1. The maximum Gasteiger partial charge on any atom is 0.267 e. The number of imidazole rings is 1. The molecule has 7 nitrogen and oxygen atoms in total. The van der Waals surface area contributed by atoms with E-state index >= 15 is 0 Å². The van der Waals surface area contributed by atoms with Crippen LogP contribution in [0.4, 0.5) is 0 Å². The Hall–Kier alpha value is -3.91. The molecule has 6 rings (SSSR count). The van der Waals surface area contributed by atoms with E-state index in [1.807, 2.05) is 82.7 Å². The third-order valence-corrected chi connectivity index (χ3v) is 6.79. The predicted molar refractivity (Wildman–Crippen MR) is 130 cm³/mol. The second-order valence-electron chi connectivity index (χ2n) is 8.01. The van der Waals surface area contributed by atoms with Crippen molar-refractivity contribution in [3.8, 4) is 5.69 Å². The fourth-order valence-electron chi connectivity index (χ4n) is 4.22. The van der Waals surface area contributed by atoms with E-state index in [1.165, 1.54) is 0 Å². The first kappa shape index (κ1) is 19.8. The van der Waals surface area contributed by atoms with E-state index in [2.05, 4.69) is 23.2 Å². The summed E-state index contributed by atoms with van der Waals surface area (Å²) < 4.78 is 5.66. The van der Waals surface area contributed by atoms with Gasteiger partial charge in [-0.3, -0.25) is 9.20 Å². The smallest absolute Gasteiger partial charge is 0.267 e. The van der Waals surface area contributed by atoms with Crippen LogP contribution in [0, 0.1) is 13.8 Å². The molecule has 0 N–H and O–H groups in total. The molecule has 0 spiro atoms. The molecule has 0 radical (unpaired) electrons. The number of hydrogen-bond donors (Lipinski definition) is 0. The van der Waals surface area contributed by atoms with Gasteiger partial charge in [0.05, 0.1) is 22.3 Å². The van der Waals surface area contributed by atoms with Crippen LogP contribution >= 0.6 is 11.8 Å². The zero-order valence-electron chi connectivity index (χ0n) is 18.1. The fraction of sp³-hybridized carbons (Fsp3) is 0.120. The van der Waals surface area contributed by atoms with Gasteiger partial charge in [0.15, 0.2) is 5.16 Å². The van der Waals surface area contributed by atoms with Gasteiger partial charge in [-0.05, 0) is 49.2 Å². The van der Waals surface area contributed by atoms with Crippen LogP contribution < -0.4 is 5.56 Å². The van der Waals surface area contributed by atoms with Crippen molar-refractivity contribution < 1.29 is 0 Å². The van der Waals surface area contributed by atoms with Gasteiger partial charge >= 0.3 is 0 Å². The van der Waals surface area contributed by atoms with E-state index in [9.17, 15) is 4.79 Å². The van der Waals surface area contributed by atoms with Gasteiger partial charge in [-0.2, -0.15) is 0 Å². The number of fused-ring (bicyclic) bond motifs is 4. The van der Waals surface area contributed by atoms with Crippen molar-refractivity contribution in [3.63, 3.8) is 0 Å². The van der Waals surface area contributed by atoms with Crippen LogP contribution in [0.2, 0.25) is 0 Å². The predicted octanol–water partition coefficient (Wildman–Crippen LogP) is 4.59. The highest BCUT2D eigenvalue weighted by Gasteiger charge is 2.19. The summed E-state index contributed by atoms with van der Waals surface area (Å²) >= 11 is 1.56. The molecule has 0 saturated heterocycles. The number of pyridine rings is 1. The molecule has 6 aromatic rings. The lowest BCUT2D eigenvalue weighted by molar-refractivity contribution is 0.927. The highest BCUT2D eigenvalue weighted by atomic mass is 32.2. The number of para-hydroxylation sites is 2. The molecule has 0 fully saturated rings. The van der Waals surface area contributed by atoms with E-state index in [-0.39, 0.29) is 5.56 Å². The van der Waals surface area contributed by atoms with Crippen LogP contribution in [0.3, 0.4) is 0 Å². The minimum atomic E-state index is -0.104. The van der Waals surface area contributed by atoms with Crippen molar-refractivity contribution in [3.05, 3.63) is 100 Å². The topological polar surface area (TPSA) is 69.5 Å². The van der Waals surface area contributed by atoms with Crippen molar-refractivity contribution in [2.75, 3.05) is 0 Å². The van der Waals surface area contributed by atoms with E-state index in [0.29, 0.717) is 16.9 Å². The molecule has 4 aromatic heterocycles. The van der Waals surface area contributed by atoms with E-state index in [1.54, 1.807) is 16.3 Å². The molecule has 0 aliphatic rings. The van der Waals surface area contributed by atoms with Crippen LogP contribution in [0.15, 0.2) is 83.0 Å². The van der Waals surface area contributed by atoms with Crippen molar-refractivity contribution in [2.45, 2.75) is 24.8 Å². The lowest BCUT2D eigenvalue weighted by Gasteiger charge is -2.13. The summed E-state index contributed by atoms with van der Waals surface area (Å²) in [5.74, 6) is 1.14. The minimum Gasteiger partial charge on any atom is -0.307 e. The molecule has 4 heterocycles. The summed E-state index contributed by atoms with van der Waals surface area (Å²) in [6.07, 6.45) is 4.05. The zero-order valence-corrected chi connectivity index (χ0v) is 19.0. The SMILES string of the molecule is Cc1ccccc1-n1c(=O)c2ccccc2n2c(SCc3cn4cccc(C)c4n3)nnc12. The van der Waals surface area contributed by atoms with Crippen LogP contribution in [-0.4, -0.2) is 28.5 Å². The summed E-state index contributed by atoms with van der Waals surface area (Å²) in [7, 11) is 0. The van der Waals surface area contributed by atoms with Gasteiger partial charge in [0.1, 0.15) is 5.65 Å². The standard InChI is InChI=1S/C25H20N6OS/c1-16-8-3-5-11-20(16)30-23(32)19-10-4-6-12-21(19)31-24(30)27-28-25(31)33-15-18-14-29-13-7-9-17(2)22(29)26-18/h3-14H,15H2,1-2H3. The Morgan fingerprint density at radius 1 is 0.909 bits per heavy atom. The largest absolute Gasteiger partial charge is 0.307 e. The van der Waals surface area contributed by atoms with E-state index in [4.69, 9.17) is 4.98 Å². The van der Waals surface area contributed by atoms with Gasteiger partial charge in [-0.25, -0.2) is 9.55 Å². The van der Waals surface area contributed by atoms with Crippen molar-refractivity contribution in [2.24, 2.45) is 0 Å². The third-order valence-electron chi connectivity index (χ3n) is 5.83. The molecule has 0 atom stereocenters. The van der Waals surface area contributed by atoms with Crippen LogP contribution in [0.5, 0.6) is 0 Å². The quantitative estimate of drug-likeness (QED) is 0.366.